The first-order valence-electron chi connectivity index (χ1n) is 9.06. The van der Waals surface area contributed by atoms with Crippen molar-refractivity contribution in [1.29, 1.82) is 0 Å². The third-order valence-electron chi connectivity index (χ3n) is 4.25. The smallest absolute Gasteiger partial charge is 0.191 e. The van der Waals surface area contributed by atoms with Crippen molar-refractivity contribution >= 4 is 29.9 Å². The van der Waals surface area contributed by atoms with Gasteiger partial charge in [0.05, 0.1) is 19.8 Å². The van der Waals surface area contributed by atoms with Crippen LogP contribution in [0.1, 0.15) is 19.7 Å². The van der Waals surface area contributed by atoms with Gasteiger partial charge in [0, 0.05) is 45.2 Å². The molecule has 0 aromatic carbocycles. The number of hydrogen-bond donors (Lipinski definition) is 2. The van der Waals surface area contributed by atoms with Crippen molar-refractivity contribution < 1.29 is 4.74 Å². The van der Waals surface area contributed by atoms with Crippen molar-refractivity contribution in [2.45, 2.75) is 32.9 Å². The normalized spacial score (nSPS) is 16.6. The standard InChI is InChI=1S/C17H31N7O.HI/c1-4-6-18-17(19-7-8-24-14-21-22-16(24)5-2)20-13-15(3)23-9-11-25-12-10-23;/h4,14-15H,1,5-13H2,2-3H3,(H2,18,19,20);1H. The summed E-state index contributed by atoms with van der Waals surface area (Å²) in [6.07, 6.45) is 4.49. The van der Waals surface area contributed by atoms with Crippen molar-refractivity contribution in [1.82, 2.24) is 30.3 Å². The van der Waals surface area contributed by atoms with Gasteiger partial charge in [-0.1, -0.05) is 13.0 Å². The molecule has 1 aliphatic rings. The van der Waals surface area contributed by atoms with E-state index in [9.17, 15) is 0 Å². The molecule has 148 valence electrons. The maximum Gasteiger partial charge on any atom is 0.191 e. The van der Waals surface area contributed by atoms with Crippen LogP contribution in [0.15, 0.2) is 24.0 Å². The number of nitrogens with zero attached hydrogens (tertiary/aromatic N) is 5. The summed E-state index contributed by atoms with van der Waals surface area (Å²) >= 11 is 0. The van der Waals surface area contributed by atoms with Crippen LogP contribution in [-0.4, -0.2) is 77.6 Å². The van der Waals surface area contributed by atoms with E-state index < -0.39 is 0 Å². The second-order valence-corrected chi connectivity index (χ2v) is 6.08. The molecule has 1 unspecified atom stereocenters. The van der Waals surface area contributed by atoms with Crippen LogP contribution in [0.25, 0.3) is 0 Å². The Hall–Kier alpha value is -1.20. The zero-order valence-electron chi connectivity index (χ0n) is 15.9. The first-order valence-corrected chi connectivity index (χ1v) is 9.06. The molecular weight excluding hydrogens is 445 g/mol. The molecule has 2 heterocycles. The Morgan fingerprint density at radius 1 is 1.42 bits per heavy atom. The van der Waals surface area contributed by atoms with Gasteiger partial charge in [0.2, 0.25) is 0 Å². The highest BCUT2D eigenvalue weighted by Crippen LogP contribution is 2.03. The highest BCUT2D eigenvalue weighted by Gasteiger charge is 2.16. The predicted molar refractivity (Wildman–Crippen MR) is 115 cm³/mol. The van der Waals surface area contributed by atoms with E-state index in [0.717, 1.165) is 64.1 Å². The van der Waals surface area contributed by atoms with E-state index >= 15 is 0 Å². The van der Waals surface area contributed by atoms with E-state index in [1.54, 1.807) is 6.33 Å². The van der Waals surface area contributed by atoms with E-state index in [2.05, 4.69) is 50.7 Å². The molecule has 1 aliphatic heterocycles. The lowest BCUT2D eigenvalue weighted by Crippen LogP contribution is -2.44. The van der Waals surface area contributed by atoms with Gasteiger partial charge in [-0.05, 0) is 6.92 Å². The Morgan fingerprint density at radius 3 is 2.88 bits per heavy atom. The monoisotopic (exact) mass is 477 g/mol. The molecule has 0 amide bonds. The fourth-order valence-corrected chi connectivity index (χ4v) is 2.73. The summed E-state index contributed by atoms with van der Waals surface area (Å²) in [5, 5.41) is 14.7. The van der Waals surface area contributed by atoms with Gasteiger partial charge in [-0.3, -0.25) is 9.89 Å². The van der Waals surface area contributed by atoms with Crippen molar-refractivity contribution in [3.05, 3.63) is 24.8 Å². The highest BCUT2D eigenvalue weighted by molar-refractivity contribution is 14.0. The maximum atomic E-state index is 5.41. The van der Waals surface area contributed by atoms with Gasteiger partial charge < -0.3 is 19.9 Å². The first-order chi connectivity index (χ1) is 12.2. The van der Waals surface area contributed by atoms with Gasteiger partial charge in [-0.2, -0.15) is 0 Å². The lowest BCUT2D eigenvalue weighted by atomic mass is 10.2. The van der Waals surface area contributed by atoms with Crippen LogP contribution in [0.5, 0.6) is 0 Å². The third kappa shape index (κ3) is 7.58. The number of aliphatic imine (C=N–C) groups is 1. The number of nitrogens with one attached hydrogen (secondary N) is 2. The van der Waals surface area contributed by atoms with E-state index in [-0.39, 0.29) is 24.0 Å². The molecule has 0 radical (unpaired) electrons. The average molecular weight is 477 g/mol. The number of guanidine groups is 1. The number of hydrogen-bond acceptors (Lipinski definition) is 5. The molecule has 1 aromatic heterocycles. The maximum absolute atomic E-state index is 5.41. The van der Waals surface area contributed by atoms with E-state index in [4.69, 9.17) is 9.73 Å². The summed E-state index contributed by atoms with van der Waals surface area (Å²) in [7, 11) is 0. The molecule has 1 aromatic rings. The van der Waals surface area contributed by atoms with Crippen molar-refractivity contribution in [3.8, 4) is 0 Å². The largest absolute Gasteiger partial charge is 0.379 e. The number of aryl methyl sites for hydroxylation is 1. The molecule has 2 N–H and O–H groups in total. The lowest BCUT2D eigenvalue weighted by Gasteiger charge is -2.31. The van der Waals surface area contributed by atoms with Gasteiger partial charge in [0.25, 0.3) is 0 Å². The number of rotatable bonds is 9. The van der Waals surface area contributed by atoms with Crippen LogP contribution in [0.2, 0.25) is 0 Å². The van der Waals surface area contributed by atoms with Crippen LogP contribution in [-0.2, 0) is 17.7 Å². The SMILES string of the molecule is C=CCNC(=NCC(C)N1CCOCC1)NCCn1cnnc1CC.I. The Balaban J connectivity index is 0.00000338. The quantitative estimate of drug-likeness (QED) is 0.238. The minimum atomic E-state index is 0. The molecule has 0 bridgehead atoms. The minimum absolute atomic E-state index is 0. The van der Waals surface area contributed by atoms with Gasteiger partial charge in [-0.15, -0.1) is 40.8 Å². The van der Waals surface area contributed by atoms with Crippen molar-refractivity contribution in [2.24, 2.45) is 4.99 Å². The molecule has 1 saturated heterocycles. The summed E-state index contributed by atoms with van der Waals surface area (Å²) in [6, 6.07) is 0.399. The molecule has 8 nitrogen and oxygen atoms in total. The summed E-state index contributed by atoms with van der Waals surface area (Å²) in [5.74, 6) is 1.81. The van der Waals surface area contributed by atoms with Crippen LogP contribution in [0, 0.1) is 0 Å². The number of aromatic nitrogens is 3. The second-order valence-electron chi connectivity index (χ2n) is 6.08. The average Bonchev–Trinajstić information content (AvgIpc) is 3.11. The summed E-state index contributed by atoms with van der Waals surface area (Å²) in [6.45, 7) is 14.6. The highest BCUT2D eigenvalue weighted by atomic mass is 127. The summed E-state index contributed by atoms with van der Waals surface area (Å²) < 4.78 is 7.47. The van der Waals surface area contributed by atoms with Gasteiger partial charge >= 0.3 is 0 Å². The van der Waals surface area contributed by atoms with Gasteiger partial charge in [-0.25, -0.2) is 0 Å². The van der Waals surface area contributed by atoms with Crippen molar-refractivity contribution in [3.63, 3.8) is 0 Å². The Labute approximate surface area is 173 Å². The molecule has 2 rings (SSSR count). The lowest BCUT2D eigenvalue weighted by molar-refractivity contribution is 0.0220. The Bertz CT molecular complexity index is 543. The van der Waals surface area contributed by atoms with E-state index in [0.29, 0.717) is 12.6 Å². The van der Waals surface area contributed by atoms with E-state index in [1.165, 1.54) is 0 Å². The third-order valence-corrected chi connectivity index (χ3v) is 4.25. The zero-order valence-corrected chi connectivity index (χ0v) is 18.2. The fourth-order valence-electron chi connectivity index (χ4n) is 2.73. The summed E-state index contributed by atoms with van der Waals surface area (Å²) in [5.41, 5.74) is 0. The second kappa shape index (κ2) is 13.0. The topological polar surface area (TPSA) is 79.6 Å². The first kappa shape index (κ1) is 22.8. The van der Waals surface area contributed by atoms with Crippen LogP contribution in [0.4, 0.5) is 0 Å². The number of morpholine rings is 1. The molecule has 26 heavy (non-hydrogen) atoms. The molecule has 9 heteroatoms. The number of ether oxygens (including phenoxy) is 1. The molecular formula is C17H32IN7O. The summed E-state index contributed by atoms with van der Waals surface area (Å²) in [4.78, 5) is 7.14. The molecule has 0 aliphatic carbocycles. The number of halogens is 1. The van der Waals surface area contributed by atoms with Crippen LogP contribution in [0.3, 0.4) is 0 Å². The fraction of sp³-hybridized carbons (Fsp3) is 0.706. The van der Waals surface area contributed by atoms with E-state index in [1.807, 2.05) is 6.08 Å². The van der Waals surface area contributed by atoms with Gasteiger partial charge in [0.15, 0.2) is 5.96 Å². The minimum Gasteiger partial charge on any atom is -0.379 e. The van der Waals surface area contributed by atoms with Crippen LogP contribution < -0.4 is 10.6 Å². The predicted octanol–water partition coefficient (Wildman–Crippen LogP) is 0.900. The molecule has 0 spiro atoms. The Kier molecular flexibility index (Phi) is 11.5. The van der Waals surface area contributed by atoms with Gasteiger partial charge in [0.1, 0.15) is 12.2 Å². The molecule has 0 saturated carbocycles. The zero-order chi connectivity index (χ0) is 17.9. The Morgan fingerprint density at radius 2 is 2.19 bits per heavy atom. The van der Waals surface area contributed by atoms with Crippen molar-refractivity contribution in [2.75, 3.05) is 45.9 Å². The molecule has 1 atom stereocenters. The van der Waals surface area contributed by atoms with Crippen LogP contribution >= 0.6 is 24.0 Å². The molecule has 1 fully saturated rings.